The molecule has 4 heterocycles. The van der Waals surface area contributed by atoms with E-state index in [0.29, 0.717) is 34.5 Å². The SMILES string of the molecule is CN(C)CCNc1cc(F)cc(C(=O)C2(c3[nH]nc4cnc(-c5cccnc5)cc34)NC=CN2)c1. The van der Waals surface area contributed by atoms with Crippen LogP contribution in [-0.2, 0) is 5.66 Å². The van der Waals surface area contributed by atoms with Crippen LogP contribution >= 0.6 is 0 Å². The van der Waals surface area contributed by atoms with Crippen molar-refractivity contribution in [2.75, 3.05) is 32.5 Å². The Balaban J connectivity index is 1.54. The quantitative estimate of drug-likeness (QED) is 0.290. The van der Waals surface area contributed by atoms with Gasteiger partial charge in [0, 0.05) is 60.1 Å². The number of hydrogen-bond acceptors (Lipinski definition) is 8. The average molecular weight is 473 g/mol. The molecular weight excluding hydrogens is 447 g/mol. The summed E-state index contributed by atoms with van der Waals surface area (Å²) in [6.45, 7) is 1.38. The number of likely N-dealkylation sites (N-methyl/N-ethyl adjacent to an activating group) is 1. The van der Waals surface area contributed by atoms with E-state index >= 15 is 0 Å². The highest BCUT2D eigenvalue weighted by Crippen LogP contribution is 2.32. The lowest BCUT2D eigenvalue weighted by Crippen LogP contribution is -2.53. The summed E-state index contributed by atoms with van der Waals surface area (Å²) in [7, 11) is 3.92. The predicted octanol–water partition coefficient (Wildman–Crippen LogP) is 2.83. The molecule has 1 aliphatic rings. The largest absolute Gasteiger partial charge is 0.384 e. The van der Waals surface area contributed by atoms with E-state index in [1.165, 1.54) is 12.1 Å². The number of ketones is 1. The third-order valence-corrected chi connectivity index (χ3v) is 5.84. The summed E-state index contributed by atoms with van der Waals surface area (Å²) in [6, 6.07) is 9.88. The molecule has 0 fully saturated rings. The number of nitrogens with one attached hydrogen (secondary N) is 4. The Morgan fingerprint density at radius 3 is 2.71 bits per heavy atom. The smallest absolute Gasteiger partial charge is 0.216 e. The van der Waals surface area contributed by atoms with E-state index < -0.39 is 11.5 Å². The van der Waals surface area contributed by atoms with Gasteiger partial charge in [0.25, 0.3) is 0 Å². The van der Waals surface area contributed by atoms with Crippen molar-refractivity contribution < 1.29 is 9.18 Å². The van der Waals surface area contributed by atoms with Crippen LogP contribution in [-0.4, -0.2) is 58.0 Å². The van der Waals surface area contributed by atoms with E-state index in [2.05, 4.69) is 36.1 Å². The van der Waals surface area contributed by atoms with Gasteiger partial charge in [-0.05, 0) is 50.5 Å². The van der Waals surface area contributed by atoms with Crippen molar-refractivity contribution in [1.29, 1.82) is 0 Å². The summed E-state index contributed by atoms with van der Waals surface area (Å²) in [4.78, 5) is 24.6. The number of pyridine rings is 2. The molecule has 5 rings (SSSR count). The van der Waals surface area contributed by atoms with Gasteiger partial charge in [0.1, 0.15) is 11.3 Å². The molecule has 3 aromatic heterocycles. The second-order valence-corrected chi connectivity index (χ2v) is 8.59. The summed E-state index contributed by atoms with van der Waals surface area (Å²) in [5.74, 6) is -0.857. The van der Waals surface area contributed by atoms with Gasteiger partial charge in [-0.3, -0.25) is 19.9 Å². The minimum absolute atomic E-state index is 0.213. The molecule has 4 N–H and O–H groups in total. The Morgan fingerprint density at radius 2 is 1.97 bits per heavy atom. The van der Waals surface area contributed by atoms with Crippen LogP contribution < -0.4 is 16.0 Å². The molecule has 0 atom stereocenters. The number of Topliss-reactive ketones (excluding diaryl/α,β-unsaturated/α-hetero) is 1. The predicted molar refractivity (Wildman–Crippen MR) is 132 cm³/mol. The Bertz CT molecular complexity index is 1390. The minimum atomic E-state index is -1.39. The standard InChI is InChI=1S/C25H25FN8O/c1-34(2)9-8-28-19-11-17(10-18(26)12-19)24(35)25(30-6-7-31-25)23-20-13-21(16-4-3-5-27-14-16)29-15-22(20)32-33-23/h3-7,10-15,28,30-31H,8-9H2,1-2H3,(H,32,33). The van der Waals surface area contributed by atoms with E-state index in [9.17, 15) is 9.18 Å². The average Bonchev–Trinajstić information content (AvgIpc) is 3.51. The first-order chi connectivity index (χ1) is 17.0. The molecular formula is C25H25FN8O. The highest BCUT2D eigenvalue weighted by atomic mass is 19.1. The zero-order chi connectivity index (χ0) is 24.4. The lowest BCUT2D eigenvalue weighted by Gasteiger charge is -2.28. The molecule has 0 saturated carbocycles. The maximum Gasteiger partial charge on any atom is 0.216 e. The number of halogens is 1. The van der Waals surface area contributed by atoms with Crippen molar-refractivity contribution in [1.82, 2.24) is 35.7 Å². The molecule has 1 aliphatic heterocycles. The fourth-order valence-electron chi connectivity index (χ4n) is 4.10. The van der Waals surface area contributed by atoms with Crippen LogP contribution in [0.4, 0.5) is 10.1 Å². The van der Waals surface area contributed by atoms with Crippen molar-refractivity contribution in [2.24, 2.45) is 0 Å². The van der Waals surface area contributed by atoms with Gasteiger partial charge in [0.05, 0.1) is 17.6 Å². The summed E-state index contributed by atoms with van der Waals surface area (Å²) in [5.41, 5.74) is 1.99. The fraction of sp³-hybridized carbons (Fsp3) is 0.200. The number of hydrogen-bond donors (Lipinski definition) is 4. The summed E-state index contributed by atoms with van der Waals surface area (Å²) in [5, 5.41) is 17.5. The summed E-state index contributed by atoms with van der Waals surface area (Å²) >= 11 is 0. The molecule has 0 aliphatic carbocycles. The number of nitrogens with zero attached hydrogens (tertiary/aromatic N) is 4. The maximum atomic E-state index is 14.5. The first kappa shape index (κ1) is 22.5. The van der Waals surface area contributed by atoms with E-state index in [-0.39, 0.29) is 11.3 Å². The first-order valence-electron chi connectivity index (χ1n) is 11.2. The van der Waals surface area contributed by atoms with Gasteiger partial charge in [0.15, 0.2) is 0 Å². The van der Waals surface area contributed by atoms with E-state index in [0.717, 1.165) is 12.1 Å². The van der Waals surface area contributed by atoms with Crippen molar-refractivity contribution in [3.63, 3.8) is 0 Å². The number of fused-ring (bicyclic) bond motifs is 1. The number of H-pyrrole nitrogens is 1. The zero-order valence-corrected chi connectivity index (χ0v) is 19.3. The van der Waals surface area contributed by atoms with E-state index in [4.69, 9.17) is 0 Å². The third kappa shape index (κ3) is 4.31. The van der Waals surface area contributed by atoms with E-state index in [1.807, 2.05) is 37.2 Å². The summed E-state index contributed by atoms with van der Waals surface area (Å²) < 4.78 is 14.5. The van der Waals surface area contributed by atoms with Gasteiger partial charge in [-0.1, -0.05) is 0 Å². The topological polar surface area (TPSA) is 111 Å². The fourth-order valence-corrected chi connectivity index (χ4v) is 4.10. The van der Waals surface area contributed by atoms with Gasteiger partial charge in [0.2, 0.25) is 11.4 Å². The van der Waals surface area contributed by atoms with Crippen LogP contribution in [0.25, 0.3) is 22.2 Å². The molecule has 1 aromatic carbocycles. The normalized spacial score (nSPS) is 14.2. The number of benzene rings is 1. The number of rotatable bonds is 8. The van der Waals surface area contributed by atoms with Gasteiger partial charge >= 0.3 is 0 Å². The highest BCUT2D eigenvalue weighted by Gasteiger charge is 2.44. The molecule has 0 spiro atoms. The lowest BCUT2D eigenvalue weighted by molar-refractivity contribution is 0.0845. The second-order valence-electron chi connectivity index (χ2n) is 8.59. The van der Waals surface area contributed by atoms with Crippen LogP contribution in [0.5, 0.6) is 0 Å². The molecule has 10 heteroatoms. The Labute approximate surface area is 201 Å². The highest BCUT2D eigenvalue weighted by molar-refractivity contribution is 6.06. The molecule has 0 saturated heterocycles. The molecule has 0 radical (unpaired) electrons. The zero-order valence-electron chi connectivity index (χ0n) is 19.3. The lowest BCUT2D eigenvalue weighted by atomic mass is 9.92. The minimum Gasteiger partial charge on any atom is -0.384 e. The molecule has 0 unspecified atom stereocenters. The van der Waals surface area contributed by atoms with Gasteiger partial charge < -0.3 is 20.9 Å². The molecule has 0 bridgehead atoms. The third-order valence-electron chi connectivity index (χ3n) is 5.84. The van der Waals surface area contributed by atoms with Crippen LogP contribution in [0, 0.1) is 5.82 Å². The molecule has 4 aromatic rings. The van der Waals surface area contributed by atoms with Crippen LogP contribution in [0.1, 0.15) is 16.1 Å². The number of anilines is 1. The molecule has 9 nitrogen and oxygen atoms in total. The van der Waals surface area contributed by atoms with Crippen LogP contribution in [0.3, 0.4) is 0 Å². The molecule has 0 amide bonds. The van der Waals surface area contributed by atoms with Gasteiger partial charge in [-0.25, -0.2) is 4.39 Å². The van der Waals surface area contributed by atoms with Gasteiger partial charge in [-0.15, -0.1) is 0 Å². The van der Waals surface area contributed by atoms with Crippen molar-refractivity contribution in [2.45, 2.75) is 5.66 Å². The van der Waals surface area contributed by atoms with Crippen LogP contribution in [0.15, 0.2) is 67.4 Å². The number of aromatic amines is 1. The summed E-state index contributed by atoms with van der Waals surface area (Å²) in [6.07, 6.45) is 8.35. The maximum absolute atomic E-state index is 14.5. The Hall–Kier alpha value is -4.31. The van der Waals surface area contributed by atoms with Crippen molar-refractivity contribution >= 4 is 22.4 Å². The molecule has 178 valence electrons. The number of aromatic nitrogens is 4. The van der Waals surface area contributed by atoms with Crippen molar-refractivity contribution in [3.05, 3.63) is 84.5 Å². The number of carbonyl (C=O) groups excluding carboxylic acids is 1. The van der Waals surface area contributed by atoms with Crippen LogP contribution in [0.2, 0.25) is 0 Å². The van der Waals surface area contributed by atoms with Gasteiger partial charge in [-0.2, -0.15) is 5.10 Å². The van der Waals surface area contributed by atoms with E-state index in [1.54, 1.807) is 37.1 Å². The monoisotopic (exact) mass is 472 g/mol. The van der Waals surface area contributed by atoms with Crippen molar-refractivity contribution in [3.8, 4) is 11.3 Å². The Morgan fingerprint density at radius 1 is 1.14 bits per heavy atom. The number of carbonyl (C=O) groups is 1. The Kier molecular flexibility index (Phi) is 5.87. The molecule has 35 heavy (non-hydrogen) atoms. The second kappa shape index (κ2) is 9.15. The first-order valence-corrected chi connectivity index (χ1v) is 11.2.